The molecule has 2 unspecified atom stereocenters. The topological polar surface area (TPSA) is 46.3 Å². The summed E-state index contributed by atoms with van der Waals surface area (Å²) >= 11 is 0. The van der Waals surface area contributed by atoms with Crippen molar-refractivity contribution in [3.05, 3.63) is 35.4 Å². The summed E-state index contributed by atoms with van der Waals surface area (Å²) < 4.78 is 26.0. The lowest BCUT2D eigenvalue weighted by atomic mass is 9.95. The molecule has 20 heavy (non-hydrogen) atoms. The van der Waals surface area contributed by atoms with Crippen LogP contribution in [-0.4, -0.2) is 24.4 Å². The minimum absolute atomic E-state index is 0.0321. The van der Waals surface area contributed by atoms with Crippen LogP contribution >= 0.6 is 0 Å². The molecule has 0 aromatic heterocycles. The maximum atomic E-state index is 13.2. The van der Waals surface area contributed by atoms with Gasteiger partial charge in [-0.3, -0.25) is 4.79 Å². The number of benzene rings is 1. The Morgan fingerprint density at radius 3 is 2.75 bits per heavy atom. The zero-order valence-corrected chi connectivity index (χ0v) is 11.6. The van der Waals surface area contributed by atoms with Gasteiger partial charge in [-0.05, 0) is 43.0 Å². The van der Waals surface area contributed by atoms with Crippen molar-refractivity contribution in [2.45, 2.75) is 25.8 Å². The number of hydrogen-bond donors (Lipinski definition) is 1. The normalized spacial score (nSPS) is 22.0. The van der Waals surface area contributed by atoms with Crippen LogP contribution in [0.15, 0.2) is 18.2 Å². The summed E-state index contributed by atoms with van der Waals surface area (Å²) in [6.45, 7) is 0.805. The Balaban J connectivity index is 2.02. The highest BCUT2D eigenvalue weighted by atomic mass is 19.2. The van der Waals surface area contributed by atoms with Gasteiger partial charge in [0.15, 0.2) is 11.6 Å². The number of amides is 1. The first kappa shape index (κ1) is 14.9. The maximum Gasteiger partial charge on any atom is 0.226 e. The molecule has 0 saturated heterocycles. The predicted molar refractivity (Wildman–Crippen MR) is 72.7 cm³/mol. The number of nitrogens with zero attached hydrogens (tertiary/aromatic N) is 1. The highest BCUT2D eigenvalue weighted by molar-refractivity contribution is 5.79. The van der Waals surface area contributed by atoms with E-state index in [4.69, 9.17) is 5.73 Å². The standard InChI is InChI=1S/C15H20F2N2O/c1-19(9-10-5-6-13(16)14(17)7-10)15(20)12-4-2-3-11(12)8-18/h5-7,11-12H,2-4,8-9,18H2,1H3. The van der Waals surface area contributed by atoms with Crippen LogP contribution in [0.5, 0.6) is 0 Å². The van der Waals surface area contributed by atoms with Crippen LogP contribution in [-0.2, 0) is 11.3 Å². The molecule has 2 atom stereocenters. The lowest BCUT2D eigenvalue weighted by Gasteiger charge is -2.24. The van der Waals surface area contributed by atoms with E-state index < -0.39 is 11.6 Å². The van der Waals surface area contributed by atoms with E-state index in [2.05, 4.69) is 0 Å². The third-order valence-electron chi connectivity index (χ3n) is 4.06. The van der Waals surface area contributed by atoms with Gasteiger partial charge in [-0.1, -0.05) is 12.5 Å². The van der Waals surface area contributed by atoms with Crippen molar-refractivity contribution < 1.29 is 13.6 Å². The minimum Gasteiger partial charge on any atom is -0.341 e. The fourth-order valence-corrected chi connectivity index (χ4v) is 2.92. The van der Waals surface area contributed by atoms with Crippen LogP contribution in [0.1, 0.15) is 24.8 Å². The van der Waals surface area contributed by atoms with Gasteiger partial charge in [0.2, 0.25) is 5.91 Å². The Labute approximate surface area is 117 Å². The Kier molecular flexibility index (Phi) is 4.70. The highest BCUT2D eigenvalue weighted by Gasteiger charge is 2.33. The molecular formula is C15H20F2N2O. The lowest BCUT2D eigenvalue weighted by molar-refractivity contribution is -0.135. The van der Waals surface area contributed by atoms with E-state index in [1.807, 2.05) is 0 Å². The smallest absolute Gasteiger partial charge is 0.226 e. The van der Waals surface area contributed by atoms with Gasteiger partial charge in [0.05, 0.1) is 0 Å². The minimum atomic E-state index is -0.885. The molecule has 110 valence electrons. The molecule has 1 amide bonds. The number of rotatable bonds is 4. The Morgan fingerprint density at radius 2 is 2.10 bits per heavy atom. The summed E-state index contributed by atoms with van der Waals surface area (Å²) in [4.78, 5) is 13.9. The van der Waals surface area contributed by atoms with Crippen molar-refractivity contribution in [3.8, 4) is 0 Å². The van der Waals surface area contributed by atoms with Crippen LogP contribution in [0.4, 0.5) is 8.78 Å². The molecule has 1 fully saturated rings. The second-order valence-corrected chi connectivity index (χ2v) is 5.48. The second kappa shape index (κ2) is 6.31. The molecule has 0 bridgehead atoms. The van der Waals surface area contributed by atoms with E-state index in [0.717, 1.165) is 31.4 Å². The van der Waals surface area contributed by atoms with Crippen molar-refractivity contribution in [2.75, 3.05) is 13.6 Å². The zero-order chi connectivity index (χ0) is 14.7. The van der Waals surface area contributed by atoms with Crippen molar-refractivity contribution in [2.24, 2.45) is 17.6 Å². The molecule has 3 nitrogen and oxygen atoms in total. The predicted octanol–water partition coefficient (Wildman–Crippen LogP) is 2.30. The number of carbonyl (C=O) groups excluding carboxylic acids is 1. The molecule has 0 radical (unpaired) electrons. The van der Waals surface area contributed by atoms with Crippen LogP contribution in [0.2, 0.25) is 0 Å². The average Bonchev–Trinajstić information content (AvgIpc) is 2.90. The van der Waals surface area contributed by atoms with E-state index in [-0.39, 0.29) is 24.3 Å². The molecule has 1 aliphatic rings. The summed E-state index contributed by atoms with van der Waals surface area (Å²) in [7, 11) is 1.69. The van der Waals surface area contributed by atoms with Crippen LogP contribution in [0.25, 0.3) is 0 Å². The first-order valence-electron chi connectivity index (χ1n) is 6.92. The molecule has 0 aliphatic heterocycles. The molecule has 1 aromatic rings. The van der Waals surface area contributed by atoms with Gasteiger partial charge in [0.25, 0.3) is 0 Å². The first-order chi connectivity index (χ1) is 9.52. The van der Waals surface area contributed by atoms with E-state index in [0.29, 0.717) is 12.1 Å². The van der Waals surface area contributed by atoms with Crippen LogP contribution in [0, 0.1) is 23.5 Å². The zero-order valence-electron chi connectivity index (χ0n) is 11.6. The molecule has 1 saturated carbocycles. The van der Waals surface area contributed by atoms with E-state index in [1.54, 1.807) is 11.9 Å². The van der Waals surface area contributed by atoms with Gasteiger partial charge in [-0.15, -0.1) is 0 Å². The summed E-state index contributed by atoms with van der Waals surface area (Å²) in [5, 5.41) is 0. The summed E-state index contributed by atoms with van der Waals surface area (Å²) in [6.07, 6.45) is 2.88. The Morgan fingerprint density at radius 1 is 1.35 bits per heavy atom. The lowest BCUT2D eigenvalue weighted by Crippen LogP contribution is -2.36. The quantitative estimate of drug-likeness (QED) is 0.921. The van der Waals surface area contributed by atoms with Crippen molar-refractivity contribution in [1.29, 1.82) is 0 Å². The first-order valence-corrected chi connectivity index (χ1v) is 6.92. The van der Waals surface area contributed by atoms with Gasteiger partial charge in [-0.25, -0.2) is 8.78 Å². The van der Waals surface area contributed by atoms with E-state index >= 15 is 0 Å². The Hall–Kier alpha value is -1.49. The van der Waals surface area contributed by atoms with Gasteiger partial charge >= 0.3 is 0 Å². The van der Waals surface area contributed by atoms with Gasteiger partial charge in [0.1, 0.15) is 0 Å². The third kappa shape index (κ3) is 3.15. The van der Waals surface area contributed by atoms with Gasteiger partial charge < -0.3 is 10.6 Å². The van der Waals surface area contributed by atoms with E-state index in [9.17, 15) is 13.6 Å². The number of hydrogen-bond acceptors (Lipinski definition) is 2. The monoisotopic (exact) mass is 282 g/mol. The summed E-state index contributed by atoms with van der Waals surface area (Å²) in [6, 6.07) is 3.71. The summed E-state index contributed by atoms with van der Waals surface area (Å²) in [5.74, 6) is -1.50. The molecule has 1 aromatic carbocycles. The van der Waals surface area contributed by atoms with Gasteiger partial charge in [0, 0.05) is 19.5 Å². The van der Waals surface area contributed by atoms with Gasteiger partial charge in [-0.2, -0.15) is 0 Å². The van der Waals surface area contributed by atoms with E-state index in [1.165, 1.54) is 6.07 Å². The number of nitrogens with two attached hydrogens (primary N) is 1. The fourth-order valence-electron chi connectivity index (χ4n) is 2.92. The number of halogens is 2. The number of carbonyl (C=O) groups is 1. The Bertz CT molecular complexity index is 493. The van der Waals surface area contributed by atoms with Crippen LogP contribution in [0.3, 0.4) is 0 Å². The molecule has 1 aliphatic carbocycles. The summed E-state index contributed by atoms with van der Waals surface area (Å²) in [5.41, 5.74) is 6.27. The largest absolute Gasteiger partial charge is 0.341 e. The fraction of sp³-hybridized carbons (Fsp3) is 0.533. The highest BCUT2D eigenvalue weighted by Crippen LogP contribution is 2.32. The van der Waals surface area contributed by atoms with Crippen molar-refractivity contribution in [3.63, 3.8) is 0 Å². The maximum absolute atomic E-state index is 13.2. The molecule has 0 spiro atoms. The molecule has 2 rings (SSSR count). The second-order valence-electron chi connectivity index (χ2n) is 5.48. The van der Waals surface area contributed by atoms with Crippen molar-refractivity contribution in [1.82, 2.24) is 4.90 Å². The molecular weight excluding hydrogens is 262 g/mol. The third-order valence-corrected chi connectivity index (χ3v) is 4.06. The average molecular weight is 282 g/mol. The molecule has 0 heterocycles. The van der Waals surface area contributed by atoms with Crippen molar-refractivity contribution >= 4 is 5.91 Å². The molecule has 2 N–H and O–H groups in total. The molecule has 5 heteroatoms. The van der Waals surface area contributed by atoms with Crippen LogP contribution < -0.4 is 5.73 Å². The SMILES string of the molecule is CN(Cc1ccc(F)c(F)c1)C(=O)C1CCCC1CN.